The average molecular weight is 575 g/mol. The highest BCUT2D eigenvalue weighted by Gasteiger charge is 2.60. The molecule has 1 heterocycles. The molecule has 0 amide bonds. The van der Waals surface area contributed by atoms with Gasteiger partial charge in [0.1, 0.15) is 13.2 Å². The number of rotatable bonds is 6. The molecular weight excluding hydrogens is 571 g/mol. The summed E-state index contributed by atoms with van der Waals surface area (Å²) in [6.45, 7) is -5.28. The van der Waals surface area contributed by atoms with Crippen LogP contribution in [0.1, 0.15) is 0 Å². The smallest absolute Gasteiger partial charge is 0.300 e. The second-order valence-electron chi connectivity index (χ2n) is 4.62. The minimum absolute atomic E-state index is 2.64. The molecule has 0 atom stereocenters. The van der Waals surface area contributed by atoms with Gasteiger partial charge in [-0.1, -0.05) is 0 Å². The van der Waals surface area contributed by atoms with Crippen LogP contribution in [0.2, 0.25) is 0 Å². The topological polar surface area (TPSA) is 55.5 Å². The summed E-state index contributed by atoms with van der Waals surface area (Å²) >= 11 is 22.0. The molecule has 0 fully saturated rings. The summed E-state index contributed by atoms with van der Waals surface area (Å²) in [7, 11) is -5.20. The van der Waals surface area contributed by atoms with Gasteiger partial charge in [0.05, 0.1) is 0 Å². The van der Waals surface area contributed by atoms with Gasteiger partial charge in [-0.05, 0) is 45.0 Å². The summed E-state index contributed by atoms with van der Waals surface area (Å²) in [5.74, 6) is -19.6. The molecular formula is C6H4Cl4F10N3O2P3. The molecule has 22 heteroatoms. The molecule has 0 aromatic carbocycles. The number of nitrogens with zero attached hydrogens (tertiary/aromatic N) is 3. The van der Waals surface area contributed by atoms with E-state index >= 15 is 0 Å². The van der Waals surface area contributed by atoms with Gasteiger partial charge in [-0.2, -0.15) is 57.5 Å². The summed E-state index contributed by atoms with van der Waals surface area (Å²) in [4.78, 5) is 0. The monoisotopic (exact) mass is 573 g/mol. The zero-order chi connectivity index (χ0) is 22.4. The third-order valence-electron chi connectivity index (χ3n) is 2.31. The maximum Gasteiger partial charge on any atom is 0.455 e. The number of hydrogen-bond acceptors (Lipinski definition) is 5. The first-order valence-electron chi connectivity index (χ1n) is 5.92. The molecule has 168 valence electrons. The van der Waals surface area contributed by atoms with Crippen LogP contribution < -0.4 is 0 Å². The van der Waals surface area contributed by atoms with Gasteiger partial charge in [-0.15, -0.1) is 0 Å². The maximum absolute atomic E-state index is 13.1. The normalized spacial score (nSPS) is 22.1. The molecule has 0 unspecified atom stereocenters. The third kappa shape index (κ3) is 7.05. The Morgan fingerprint density at radius 1 is 0.571 bits per heavy atom. The molecule has 0 radical (unpaired) electrons. The summed E-state index contributed by atoms with van der Waals surface area (Å²) in [6.07, 6.45) is -12.4. The minimum atomic E-state index is -6.19. The van der Waals surface area contributed by atoms with Crippen LogP contribution in [0.15, 0.2) is 13.5 Å². The zero-order valence-electron chi connectivity index (χ0n) is 12.2. The first-order valence-corrected chi connectivity index (χ1v) is 14.5. The minimum Gasteiger partial charge on any atom is -0.300 e. The van der Waals surface area contributed by atoms with Crippen molar-refractivity contribution in [2.24, 2.45) is 13.5 Å². The highest BCUT2D eigenvalue weighted by Crippen LogP contribution is 2.85. The van der Waals surface area contributed by atoms with E-state index in [-0.39, 0.29) is 0 Å². The molecule has 0 saturated heterocycles. The van der Waals surface area contributed by atoms with E-state index in [0.717, 1.165) is 0 Å². The van der Waals surface area contributed by atoms with E-state index in [1.165, 1.54) is 0 Å². The maximum atomic E-state index is 13.1. The van der Waals surface area contributed by atoms with Crippen molar-refractivity contribution in [3.05, 3.63) is 0 Å². The van der Waals surface area contributed by atoms with E-state index in [9.17, 15) is 43.9 Å². The molecule has 5 nitrogen and oxygen atoms in total. The summed E-state index contributed by atoms with van der Waals surface area (Å²) in [5, 5.41) is 0. The summed E-state index contributed by atoms with van der Waals surface area (Å²) < 4.78 is 143. The van der Waals surface area contributed by atoms with Crippen LogP contribution in [0, 0.1) is 0 Å². The standard InChI is InChI=1S/C6H4Cl4F10N3O2P3/c7-26(8)21-27(9,10)23-28(22-26,24-1-3(11,12)5(15,16)17)25-2-4(13,14)6(18,19)20/h1-2H2. The van der Waals surface area contributed by atoms with Gasteiger partial charge >= 0.3 is 31.9 Å². The Hall–Kier alpha value is 1.07. The molecule has 0 spiro atoms. The second-order valence-corrected chi connectivity index (χ2v) is 16.8. The van der Waals surface area contributed by atoms with Crippen molar-refractivity contribution in [1.29, 1.82) is 0 Å². The Kier molecular flexibility index (Phi) is 7.94. The Labute approximate surface area is 168 Å². The first-order chi connectivity index (χ1) is 12.0. The molecule has 0 aliphatic carbocycles. The van der Waals surface area contributed by atoms with Gasteiger partial charge in [0.15, 0.2) is 0 Å². The largest absolute Gasteiger partial charge is 0.455 e. The highest BCUT2D eigenvalue weighted by molar-refractivity contribution is 8.20. The van der Waals surface area contributed by atoms with E-state index in [2.05, 4.69) is 22.6 Å². The predicted octanol–water partition coefficient (Wildman–Crippen LogP) is 9.22. The lowest BCUT2D eigenvalue weighted by molar-refractivity contribution is -0.293. The highest BCUT2D eigenvalue weighted by atomic mass is 35.9. The molecule has 0 N–H and O–H groups in total. The zero-order valence-corrected chi connectivity index (χ0v) is 17.9. The fourth-order valence-electron chi connectivity index (χ4n) is 1.09. The second kappa shape index (κ2) is 8.20. The lowest BCUT2D eigenvalue weighted by atomic mass is 10.3. The summed E-state index contributed by atoms with van der Waals surface area (Å²) in [6, 6.07) is 0. The molecule has 0 aromatic heterocycles. The lowest BCUT2D eigenvalue weighted by Crippen LogP contribution is -2.41. The summed E-state index contributed by atoms with van der Waals surface area (Å²) in [5.41, 5.74) is 0. The molecule has 28 heavy (non-hydrogen) atoms. The van der Waals surface area contributed by atoms with Crippen molar-refractivity contribution in [3.63, 3.8) is 0 Å². The Balaban J connectivity index is 3.38. The lowest BCUT2D eigenvalue weighted by Gasteiger charge is -2.29. The fourth-order valence-corrected chi connectivity index (χ4v) is 15.1. The van der Waals surface area contributed by atoms with Crippen molar-refractivity contribution < 1.29 is 53.0 Å². The Bertz CT molecular complexity index is 730. The van der Waals surface area contributed by atoms with Crippen LogP contribution in [-0.4, -0.2) is 37.4 Å². The number of hydrogen-bond donors (Lipinski definition) is 0. The van der Waals surface area contributed by atoms with Gasteiger partial charge in [0, 0.05) is 0 Å². The van der Waals surface area contributed by atoms with Crippen molar-refractivity contribution >= 4 is 64.4 Å². The van der Waals surface area contributed by atoms with E-state index in [0.29, 0.717) is 0 Å². The quantitative estimate of drug-likeness (QED) is 0.234. The van der Waals surface area contributed by atoms with Gasteiger partial charge in [-0.3, -0.25) is 9.05 Å². The molecule has 0 aromatic rings. The fraction of sp³-hybridized carbons (Fsp3) is 1.00. The van der Waals surface area contributed by atoms with Crippen LogP contribution in [0.25, 0.3) is 0 Å². The molecule has 0 bridgehead atoms. The first kappa shape index (κ1) is 27.1. The van der Waals surface area contributed by atoms with E-state index in [1.807, 2.05) is 0 Å². The Morgan fingerprint density at radius 2 is 0.893 bits per heavy atom. The van der Waals surface area contributed by atoms with E-state index in [4.69, 9.17) is 45.0 Å². The number of alkyl halides is 10. The molecule has 1 rings (SSSR count). The Morgan fingerprint density at radius 3 is 1.18 bits per heavy atom. The molecule has 1 aliphatic rings. The van der Waals surface area contributed by atoms with Crippen LogP contribution in [-0.2, 0) is 9.05 Å². The van der Waals surface area contributed by atoms with E-state index < -0.39 is 56.9 Å². The van der Waals surface area contributed by atoms with Gasteiger partial charge < -0.3 is 0 Å². The van der Waals surface area contributed by atoms with Crippen molar-refractivity contribution in [3.8, 4) is 0 Å². The van der Waals surface area contributed by atoms with E-state index in [1.54, 1.807) is 0 Å². The number of halogens is 14. The van der Waals surface area contributed by atoms with Crippen molar-refractivity contribution in [2.75, 3.05) is 13.2 Å². The SMILES string of the molecule is FC(F)(F)C(F)(F)COP1(OCC(F)(F)C(F)(F)F)=NP(Cl)(Cl)=NP(Cl)(Cl)=N1. The van der Waals surface area contributed by atoms with Gasteiger partial charge in [0.25, 0.3) is 11.8 Å². The molecule has 0 saturated carbocycles. The average Bonchev–Trinajstić information content (AvgIpc) is 2.37. The van der Waals surface area contributed by atoms with Gasteiger partial charge in [0.2, 0.25) is 0 Å². The predicted molar refractivity (Wildman–Crippen MR) is 85.4 cm³/mol. The van der Waals surface area contributed by atoms with Crippen molar-refractivity contribution in [2.45, 2.75) is 24.2 Å². The van der Waals surface area contributed by atoms with Crippen LogP contribution in [0.3, 0.4) is 0 Å². The van der Waals surface area contributed by atoms with Crippen LogP contribution in [0.4, 0.5) is 43.9 Å². The van der Waals surface area contributed by atoms with Crippen molar-refractivity contribution in [1.82, 2.24) is 0 Å². The third-order valence-corrected chi connectivity index (χ3v) is 13.4. The molecule has 1 aliphatic heterocycles. The van der Waals surface area contributed by atoms with Gasteiger partial charge in [-0.25, -0.2) is 0 Å². The van der Waals surface area contributed by atoms with Crippen LogP contribution in [0.5, 0.6) is 0 Å². The van der Waals surface area contributed by atoms with Crippen LogP contribution >= 0.6 is 64.4 Å².